The van der Waals surface area contributed by atoms with E-state index in [1.165, 1.54) is 13.3 Å². The molecule has 0 saturated carbocycles. The Labute approximate surface area is 127 Å². The van der Waals surface area contributed by atoms with Crippen molar-refractivity contribution in [3.63, 3.8) is 0 Å². The third-order valence-electron chi connectivity index (χ3n) is 3.17. The average molecular weight is 331 g/mol. The molecular formula is C13H15ClN2O4S. The Morgan fingerprint density at radius 3 is 2.71 bits per heavy atom. The van der Waals surface area contributed by atoms with Gasteiger partial charge in [-0.25, -0.2) is 8.42 Å². The molecule has 0 fully saturated rings. The SMILES string of the molecule is CNC(=O)CCn1cc(S(=O)(=O)Cl)c2c(OC)cccc21. The van der Waals surface area contributed by atoms with Crippen molar-refractivity contribution in [1.82, 2.24) is 9.88 Å². The Kier molecular flexibility index (Phi) is 4.43. The lowest BCUT2D eigenvalue weighted by molar-refractivity contribution is -0.120. The summed E-state index contributed by atoms with van der Waals surface area (Å²) in [6.45, 7) is 0.343. The normalized spacial score (nSPS) is 11.6. The van der Waals surface area contributed by atoms with Gasteiger partial charge in [-0.3, -0.25) is 4.79 Å². The number of fused-ring (bicyclic) bond motifs is 1. The molecule has 0 aliphatic rings. The number of carbonyl (C=O) groups is 1. The minimum atomic E-state index is -3.91. The number of methoxy groups -OCH3 is 1. The number of hydrogen-bond donors (Lipinski definition) is 1. The predicted molar refractivity (Wildman–Crippen MR) is 80.2 cm³/mol. The molecule has 21 heavy (non-hydrogen) atoms. The van der Waals surface area contributed by atoms with Gasteiger partial charge >= 0.3 is 0 Å². The van der Waals surface area contributed by atoms with E-state index in [2.05, 4.69) is 5.32 Å². The molecular weight excluding hydrogens is 316 g/mol. The Morgan fingerprint density at radius 2 is 2.14 bits per heavy atom. The zero-order valence-corrected chi connectivity index (χ0v) is 13.2. The van der Waals surface area contributed by atoms with Crippen LogP contribution >= 0.6 is 10.7 Å². The van der Waals surface area contributed by atoms with E-state index in [4.69, 9.17) is 15.4 Å². The molecule has 8 heteroatoms. The van der Waals surface area contributed by atoms with Crippen molar-refractivity contribution in [2.75, 3.05) is 14.2 Å². The van der Waals surface area contributed by atoms with Gasteiger partial charge in [0.15, 0.2) is 0 Å². The van der Waals surface area contributed by atoms with Crippen molar-refractivity contribution in [3.8, 4) is 5.75 Å². The number of nitrogens with one attached hydrogen (secondary N) is 1. The molecule has 1 N–H and O–H groups in total. The molecule has 2 rings (SSSR count). The van der Waals surface area contributed by atoms with E-state index in [0.29, 0.717) is 23.2 Å². The number of ether oxygens (including phenoxy) is 1. The van der Waals surface area contributed by atoms with Crippen LogP contribution in [0.25, 0.3) is 10.9 Å². The molecule has 0 bridgehead atoms. The van der Waals surface area contributed by atoms with Gasteiger partial charge in [0.05, 0.1) is 18.0 Å². The summed E-state index contributed by atoms with van der Waals surface area (Å²) in [5.74, 6) is 0.292. The van der Waals surface area contributed by atoms with Crippen LogP contribution in [-0.4, -0.2) is 33.0 Å². The summed E-state index contributed by atoms with van der Waals surface area (Å²) in [6.07, 6.45) is 1.66. The van der Waals surface area contributed by atoms with Crippen molar-refractivity contribution < 1.29 is 17.9 Å². The summed E-state index contributed by atoms with van der Waals surface area (Å²) in [4.78, 5) is 11.3. The highest BCUT2D eigenvalue weighted by molar-refractivity contribution is 8.14. The van der Waals surface area contributed by atoms with E-state index >= 15 is 0 Å². The van der Waals surface area contributed by atoms with E-state index < -0.39 is 9.05 Å². The van der Waals surface area contributed by atoms with E-state index in [0.717, 1.165) is 0 Å². The van der Waals surface area contributed by atoms with Crippen LogP contribution in [0.5, 0.6) is 5.75 Å². The third-order valence-corrected chi connectivity index (χ3v) is 4.51. The summed E-state index contributed by atoms with van der Waals surface area (Å²) in [5, 5.41) is 2.94. The smallest absolute Gasteiger partial charge is 0.263 e. The van der Waals surface area contributed by atoms with Crippen molar-refractivity contribution in [2.24, 2.45) is 0 Å². The molecule has 2 aromatic rings. The second-order valence-corrected chi connectivity index (χ2v) is 6.94. The molecule has 0 aliphatic heterocycles. The minimum Gasteiger partial charge on any atom is -0.496 e. The van der Waals surface area contributed by atoms with Crippen LogP contribution < -0.4 is 10.1 Å². The van der Waals surface area contributed by atoms with Crippen LogP contribution in [-0.2, 0) is 20.4 Å². The largest absolute Gasteiger partial charge is 0.496 e. The summed E-state index contributed by atoms with van der Waals surface area (Å²) >= 11 is 0. The van der Waals surface area contributed by atoms with Gasteiger partial charge in [-0.15, -0.1) is 0 Å². The zero-order valence-electron chi connectivity index (χ0n) is 11.6. The summed E-state index contributed by atoms with van der Waals surface area (Å²) in [7, 11) is 4.59. The van der Waals surface area contributed by atoms with Crippen LogP contribution in [0.2, 0.25) is 0 Å². The van der Waals surface area contributed by atoms with Gasteiger partial charge in [0.1, 0.15) is 10.6 Å². The molecule has 1 amide bonds. The first-order valence-electron chi connectivity index (χ1n) is 6.19. The van der Waals surface area contributed by atoms with Gasteiger partial charge in [-0.2, -0.15) is 0 Å². The second-order valence-electron chi connectivity index (χ2n) is 4.40. The second kappa shape index (κ2) is 5.95. The standard InChI is InChI=1S/C13H15ClN2O4S/c1-15-12(17)6-7-16-8-11(21(14,18)19)13-9(16)4-3-5-10(13)20-2/h3-5,8H,6-7H2,1-2H3,(H,15,17). The number of carbonyl (C=O) groups excluding carboxylic acids is 1. The van der Waals surface area contributed by atoms with Crippen molar-refractivity contribution >= 4 is 36.5 Å². The number of hydrogen-bond acceptors (Lipinski definition) is 4. The lowest BCUT2D eigenvalue weighted by Crippen LogP contribution is -2.19. The maximum atomic E-state index is 11.7. The lowest BCUT2D eigenvalue weighted by atomic mass is 10.2. The summed E-state index contributed by atoms with van der Waals surface area (Å²) in [6, 6.07) is 5.17. The minimum absolute atomic E-state index is 0.0199. The van der Waals surface area contributed by atoms with Gasteiger partial charge in [0.25, 0.3) is 9.05 Å². The van der Waals surface area contributed by atoms with Crippen LogP contribution in [0.3, 0.4) is 0 Å². The highest BCUT2D eigenvalue weighted by Gasteiger charge is 2.21. The molecule has 1 heterocycles. The Morgan fingerprint density at radius 1 is 1.43 bits per heavy atom. The van der Waals surface area contributed by atoms with Crippen LogP contribution in [0.15, 0.2) is 29.3 Å². The van der Waals surface area contributed by atoms with Crippen molar-refractivity contribution in [2.45, 2.75) is 17.9 Å². The number of aromatic nitrogens is 1. The Hall–Kier alpha value is -1.73. The molecule has 0 saturated heterocycles. The Bertz CT molecular complexity index is 783. The van der Waals surface area contributed by atoms with Crippen molar-refractivity contribution in [3.05, 3.63) is 24.4 Å². The lowest BCUT2D eigenvalue weighted by Gasteiger charge is -2.06. The topological polar surface area (TPSA) is 77.4 Å². The quantitative estimate of drug-likeness (QED) is 0.847. The van der Waals surface area contributed by atoms with E-state index in [1.807, 2.05) is 0 Å². The fraction of sp³-hybridized carbons (Fsp3) is 0.308. The van der Waals surface area contributed by atoms with E-state index in [9.17, 15) is 13.2 Å². The number of amides is 1. The molecule has 6 nitrogen and oxygen atoms in total. The molecule has 1 aromatic heterocycles. The molecule has 0 atom stereocenters. The van der Waals surface area contributed by atoms with Crippen molar-refractivity contribution in [1.29, 1.82) is 0 Å². The van der Waals surface area contributed by atoms with Crippen LogP contribution in [0, 0.1) is 0 Å². The summed E-state index contributed by atoms with van der Waals surface area (Å²) in [5.41, 5.74) is 0.650. The molecule has 1 aromatic carbocycles. The average Bonchev–Trinajstić information content (AvgIpc) is 2.83. The number of rotatable bonds is 5. The van der Waals surface area contributed by atoms with Gasteiger partial charge < -0.3 is 14.6 Å². The zero-order chi connectivity index (χ0) is 15.6. The van der Waals surface area contributed by atoms with Gasteiger partial charge in [0.2, 0.25) is 5.91 Å². The maximum absolute atomic E-state index is 11.7. The van der Waals surface area contributed by atoms with Crippen LogP contribution in [0.4, 0.5) is 0 Å². The monoisotopic (exact) mass is 330 g/mol. The third kappa shape index (κ3) is 3.14. The molecule has 0 radical (unpaired) electrons. The van der Waals surface area contributed by atoms with Crippen LogP contribution in [0.1, 0.15) is 6.42 Å². The van der Waals surface area contributed by atoms with Gasteiger partial charge in [-0.1, -0.05) is 6.07 Å². The van der Waals surface area contributed by atoms with Gasteiger partial charge in [0, 0.05) is 36.9 Å². The Balaban J connectivity index is 2.60. The molecule has 0 spiro atoms. The number of aryl methyl sites for hydroxylation is 1. The fourth-order valence-corrected chi connectivity index (χ4v) is 3.22. The number of halogens is 1. The highest BCUT2D eigenvalue weighted by atomic mass is 35.7. The first-order chi connectivity index (χ1) is 9.88. The molecule has 0 unspecified atom stereocenters. The first kappa shape index (κ1) is 15.7. The highest BCUT2D eigenvalue weighted by Crippen LogP contribution is 2.35. The number of benzene rings is 1. The summed E-state index contributed by atoms with van der Waals surface area (Å²) < 4.78 is 30.4. The predicted octanol–water partition coefficient (Wildman–Crippen LogP) is 1.71. The van der Waals surface area contributed by atoms with E-state index in [1.54, 1.807) is 29.8 Å². The fourth-order valence-electron chi connectivity index (χ4n) is 2.17. The van der Waals surface area contributed by atoms with E-state index in [-0.39, 0.29) is 17.2 Å². The maximum Gasteiger partial charge on any atom is 0.263 e. The molecule has 0 aliphatic carbocycles. The number of nitrogens with zero attached hydrogens (tertiary/aromatic N) is 1. The first-order valence-corrected chi connectivity index (χ1v) is 8.50. The molecule has 114 valence electrons. The van der Waals surface area contributed by atoms with Gasteiger partial charge in [-0.05, 0) is 12.1 Å².